The number of halogens is 2. The average Bonchev–Trinajstić information content (AvgIpc) is 2.84. The molecule has 1 saturated heterocycles. The van der Waals surface area contributed by atoms with E-state index in [4.69, 9.17) is 0 Å². The van der Waals surface area contributed by atoms with Crippen molar-refractivity contribution >= 4 is 17.6 Å². The van der Waals surface area contributed by atoms with Crippen LogP contribution in [0.1, 0.15) is 39.2 Å². The van der Waals surface area contributed by atoms with Crippen molar-refractivity contribution in [3.05, 3.63) is 71.3 Å². The van der Waals surface area contributed by atoms with Crippen LogP contribution in [0.5, 0.6) is 5.75 Å². The monoisotopic (exact) mass is 479 g/mol. The highest BCUT2D eigenvalue weighted by atomic mass is 19.3. The van der Waals surface area contributed by atoms with Gasteiger partial charge in [0, 0.05) is 37.2 Å². The molecule has 1 aliphatic heterocycles. The highest BCUT2D eigenvalue weighted by Gasteiger charge is 2.28. The lowest BCUT2D eigenvalue weighted by atomic mass is 10.00. The lowest BCUT2D eigenvalue weighted by Gasteiger charge is -2.41. The summed E-state index contributed by atoms with van der Waals surface area (Å²) >= 11 is 0. The van der Waals surface area contributed by atoms with Crippen molar-refractivity contribution in [1.29, 1.82) is 5.26 Å². The Balaban J connectivity index is 1.84. The Morgan fingerprint density at radius 2 is 1.91 bits per heavy atom. The van der Waals surface area contributed by atoms with Crippen LogP contribution >= 0.6 is 0 Å². The number of ether oxygens (including phenoxy) is 1. The van der Waals surface area contributed by atoms with Gasteiger partial charge in [0.15, 0.2) is 0 Å². The fourth-order valence-corrected chi connectivity index (χ4v) is 4.20. The molecule has 8 heteroatoms. The van der Waals surface area contributed by atoms with Gasteiger partial charge in [0.1, 0.15) is 17.6 Å². The number of rotatable bonds is 8. The minimum atomic E-state index is -2.86. The van der Waals surface area contributed by atoms with Crippen LogP contribution in [0.25, 0.3) is 0 Å². The first-order chi connectivity index (χ1) is 16.8. The molecule has 0 bridgehead atoms. The second-order valence-electron chi connectivity index (χ2n) is 8.56. The topological polar surface area (TPSA) is 64.8 Å². The van der Waals surface area contributed by atoms with E-state index in [2.05, 4.69) is 30.6 Å². The first-order valence-electron chi connectivity index (χ1n) is 11.6. The van der Waals surface area contributed by atoms with Crippen LogP contribution < -0.4 is 9.64 Å². The van der Waals surface area contributed by atoms with Gasteiger partial charge in [-0.15, -0.1) is 0 Å². The van der Waals surface area contributed by atoms with Crippen molar-refractivity contribution in [2.45, 2.75) is 53.2 Å². The second kappa shape index (κ2) is 12.1. The molecule has 0 radical (unpaired) electrons. The Hall–Kier alpha value is -3.73. The van der Waals surface area contributed by atoms with E-state index >= 15 is 0 Å². The number of piperidine rings is 1. The molecule has 2 heterocycles. The highest BCUT2D eigenvalue weighted by Crippen LogP contribution is 2.35. The maximum atomic E-state index is 12.6. The lowest BCUT2D eigenvalue weighted by molar-refractivity contribution is -0.0498. The summed E-state index contributed by atoms with van der Waals surface area (Å²) < 4.78 is 29.7. The fourth-order valence-electron chi connectivity index (χ4n) is 4.20. The number of pyridine rings is 1. The van der Waals surface area contributed by atoms with Gasteiger partial charge in [-0.3, -0.25) is 4.98 Å². The summed E-state index contributed by atoms with van der Waals surface area (Å²) in [5.41, 5.74) is 4.58. The number of benzene rings is 1. The van der Waals surface area contributed by atoms with Crippen LogP contribution in [-0.4, -0.2) is 41.8 Å². The number of allylic oxidation sites excluding steroid dienone is 3. The number of nitriles is 1. The van der Waals surface area contributed by atoms with E-state index in [-0.39, 0.29) is 11.8 Å². The quantitative estimate of drug-likeness (QED) is 0.324. The highest BCUT2D eigenvalue weighted by molar-refractivity contribution is 5.84. The summed E-state index contributed by atoms with van der Waals surface area (Å²) in [7, 11) is 0. The second-order valence-corrected chi connectivity index (χ2v) is 8.56. The molecule has 1 fully saturated rings. The summed E-state index contributed by atoms with van der Waals surface area (Å²) in [6, 6.07) is 11.0. The van der Waals surface area contributed by atoms with E-state index in [1.807, 2.05) is 52.1 Å². The predicted octanol–water partition coefficient (Wildman–Crippen LogP) is 6.39. The van der Waals surface area contributed by atoms with Crippen molar-refractivity contribution in [2.24, 2.45) is 4.99 Å². The Bertz CT molecular complexity index is 1120. The third kappa shape index (κ3) is 6.66. The molecule has 35 heavy (non-hydrogen) atoms. The smallest absolute Gasteiger partial charge is 0.387 e. The van der Waals surface area contributed by atoms with Gasteiger partial charge in [0.2, 0.25) is 0 Å². The van der Waals surface area contributed by atoms with E-state index in [0.29, 0.717) is 5.57 Å². The van der Waals surface area contributed by atoms with Crippen molar-refractivity contribution in [3.63, 3.8) is 0 Å². The van der Waals surface area contributed by atoms with Crippen molar-refractivity contribution in [3.8, 4) is 11.8 Å². The zero-order valence-corrected chi connectivity index (χ0v) is 20.6. The molecule has 1 aromatic carbocycles. The Morgan fingerprint density at radius 3 is 2.46 bits per heavy atom. The maximum absolute atomic E-state index is 12.6. The van der Waals surface area contributed by atoms with Crippen LogP contribution in [0, 0.1) is 18.3 Å². The van der Waals surface area contributed by atoms with E-state index in [9.17, 15) is 14.0 Å². The number of hydrogen-bond donors (Lipinski definition) is 0. The first kappa shape index (κ1) is 25.9. The van der Waals surface area contributed by atoms with Crippen molar-refractivity contribution in [1.82, 2.24) is 9.88 Å². The molecule has 0 saturated carbocycles. The zero-order valence-electron chi connectivity index (χ0n) is 20.6. The van der Waals surface area contributed by atoms with Crippen LogP contribution in [0.2, 0.25) is 0 Å². The van der Waals surface area contributed by atoms with Crippen LogP contribution in [0.3, 0.4) is 0 Å². The van der Waals surface area contributed by atoms with Crippen LogP contribution in [0.4, 0.5) is 20.2 Å². The largest absolute Gasteiger partial charge is 0.435 e. The molecule has 0 amide bonds. The van der Waals surface area contributed by atoms with E-state index < -0.39 is 6.61 Å². The number of alkyl halides is 2. The number of anilines is 2. The first-order valence-corrected chi connectivity index (χ1v) is 11.6. The van der Waals surface area contributed by atoms with E-state index in [0.717, 1.165) is 54.3 Å². The van der Waals surface area contributed by atoms with Crippen LogP contribution in [0.15, 0.2) is 70.8 Å². The summed E-state index contributed by atoms with van der Waals surface area (Å²) in [6.07, 6.45) is 8.69. The number of aryl methyl sites for hydroxylation is 1. The molecule has 0 N–H and O–H groups in total. The Labute approximate surface area is 205 Å². The van der Waals surface area contributed by atoms with Gasteiger partial charge >= 0.3 is 6.61 Å². The SMILES string of the molecule is C/C=C(C#N)\C=N/C(=C(C)C)N1CCC(N(c2ccc(OC(F)F)cc2)c2cnccc2C)CC1. The number of aromatic nitrogens is 1. The summed E-state index contributed by atoms with van der Waals surface area (Å²) in [5, 5.41) is 9.19. The summed E-state index contributed by atoms with van der Waals surface area (Å²) in [4.78, 5) is 13.4. The average molecular weight is 480 g/mol. The normalized spacial score (nSPS) is 14.8. The molecule has 3 rings (SSSR count). The Morgan fingerprint density at radius 1 is 1.23 bits per heavy atom. The van der Waals surface area contributed by atoms with Gasteiger partial charge in [0.05, 0.1) is 17.5 Å². The number of nitrogens with zero attached hydrogens (tertiary/aromatic N) is 5. The molecule has 2 aromatic rings. The van der Waals surface area contributed by atoms with E-state index in [1.165, 1.54) is 0 Å². The minimum Gasteiger partial charge on any atom is -0.435 e. The standard InChI is InChI=1S/C27H31F2N5O/c1-5-21(16-30)17-32-26(19(2)3)33-14-11-23(12-15-33)34(25-18-31-13-10-20(25)4)22-6-8-24(9-7-22)35-27(28)29/h5-10,13,17-18,23,27H,11-12,14-15H2,1-4H3/b21-5-,32-17-. The number of likely N-dealkylation sites (tertiary alicyclic amines) is 1. The third-order valence-electron chi connectivity index (χ3n) is 5.95. The fraction of sp³-hybridized carbons (Fsp3) is 0.370. The number of aliphatic imine (C=N–C) groups is 1. The van der Waals surface area contributed by atoms with Gasteiger partial charge in [-0.25, -0.2) is 4.99 Å². The predicted molar refractivity (Wildman–Crippen MR) is 135 cm³/mol. The lowest BCUT2D eigenvalue weighted by Crippen LogP contribution is -2.43. The van der Waals surface area contributed by atoms with Gasteiger partial charge in [0.25, 0.3) is 0 Å². The van der Waals surface area contributed by atoms with Crippen molar-refractivity contribution in [2.75, 3.05) is 18.0 Å². The molecule has 184 valence electrons. The summed E-state index contributed by atoms with van der Waals surface area (Å²) in [6.45, 7) is 6.64. The summed E-state index contributed by atoms with van der Waals surface area (Å²) in [5.74, 6) is 1.01. The molecule has 1 aromatic heterocycles. The molecule has 0 unspecified atom stereocenters. The molecular formula is C27H31F2N5O. The molecule has 0 spiro atoms. The van der Waals surface area contributed by atoms with Gasteiger partial charge in [-0.2, -0.15) is 14.0 Å². The van der Waals surface area contributed by atoms with Gasteiger partial charge in [-0.1, -0.05) is 6.08 Å². The maximum Gasteiger partial charge on any atom is 0.387 e. The zero-order chi connectivity index (χ0) is 25.4. The molecule has 0 aliphatic carbocycles. The third-order valence-corrected chi connectivity index (χ3v) is 5.95. The van der Waals surface area contributed by atoms with E-state index in [1.54, 1.807) is 30.6 Å². The minimum absolute atomic E-state index is 0.130. The Kier molecular flexibility index (Phi) is 8.96. The van der Waals surface area contributed by atoms with Gasteiger partial charge in [-0.05, 0) is 82.0 Å². The van der Waals surface area contributed by atoms with Gasteiger partial charge < -0.3 is 14.5 Å². The van der Waals surface area contributed by atoms with Crippen molar-refractivity contribution < 1.29 is 13.5 Å². The molecular weight excluding hydrogens is 448 g/mol. The number of hydrogen-bond acceptors (Lipinski definition) is 6. The molecule has 1 aliphatic rings. The molecule has 0 atom stereocenters. The van der Waals surface area contributed by atoms with Crippen LogP contribution in [-0.2, 0) is 0 Å². The molecule has 6 nitrogen and oxygen atoms in total.